The van der Waals surface area contributed by atoms with Gasteiger partial charge in [-0.3, -0.25) is 0 Å². The molecule has 3 rings (SSSR count). The summed E-state index contributed by atoms with van der Waals surface area (Å²) < 4.78 is 0. The largest absolute Gasteiger partial charge is 0.198 e. The minimum atomic E-state index is -0.154. The van der Waals surface area contributed by atoms with Gasteiger partial charge in [-0.2, -0.15) is 5.26 Å². The van der Waals surface area contributed by atoms with Gasteiger partial charge in [0.05, 0.1) is 12.0 Å². The number of rotatable bonds is 5. The molecule has 0 N–H and O–H groups in total. The Morgan fingerprint density at radius 1 is 0.652 bits per heavy atom. The van der Waals surface area contributed by atoms with Crippen LogP contribution in [0.5, 0.6) is 0 Å². The molecule has 23 heavy (non-hydrogen) atoms. The molecule has 2 unspecified atom stereocenters. The quantitative estimate of drug-likeness (QED) is 0.625. The van der Waals surface area contributed by atoms with Gasteiger partial charge < -0.3 is 0 Å². The second kappa shape index (κ2) is 7.42. The molecule has 3 aromatic carbocycles. The van der Waals surface area contributed by atoms with Crippen LogP contribution in [-0.4, -0.2) is 0 Å². The monoisotopic (exact) mass is 297 g/mol. The first-order chi connectivity index (χ1) is 11.4. The summed E-state index contributed by atoms with van der Waals surface area (Å²) in [5, 5.41) is 9.84. The van der Waals surface area contributed by atoms with Crippen molar-refractivity contribution in [3.63, 3.8) is 0 Å². The van der Waals surface area contributed by atoms with Gasteiger partial charge in [0.15, 0.2) is 0 Å². The third kappa shape index (κ3) is 3.67. The molecule has 0 heterocycles. The van der Waals surface area contributed by atoms with Crippen LogP contribution in [0.2, 0.25) is 0 Å². The lowest BCUT2D eigenvalue weighted by Gasteiger charge is -2.23. The summed E-state index contributed by atoms with van der Waals surface area (Å²) in [5.74, 6) is -0.00944. The summed E-state index contributed by atoms with van der Waals surface area (Å²) in [5.41, 5.74) is 3.56. The third-order valence-electron chi connectivity index (χ3n) is 4.23. The van der Waals surface area contributed by atoms with Gasteiger partial charge in [-0.25, -0.2) is 0 Å². The highest BCUT2D eigenvalue weighted by atomic mass is 14.3. The first-order valence-electron chi connectivity index (χ1n) is 7.92. The van der Waals surface area contributed by atoms with Crippen molar-refractivity contribution in [2.45, 2.75) is 18.3 Å². The maximum atomic E-state index is 9.84. The fourth-order valence-electron chi connectivity index (χ4n) is 3.05. The molecule has 0 saturated heterocycles. The smallest absolute Gasteiger partial charge is 0.0784 e. The van der Waals surface area contributed by atoms with Gasteiger partial charge >= 0.3 is 0 Å². The van der Waals surface area contributed by atoms with Gasteiger partial charge in [0.25, 0.3) is 0 Å². The fourth-order valence-corrected chi connectivity index (χ4v) is 3.05. The molecular weight excluding hydrogens is 278 g/mol. The minimum Gasteiger partial charge on any atom is -0.198 e. The highest BCUT2D eigenvalue weighted by Gasteiger charge is 2.24. The molecule has 0 aromatic heterocycles. The Bertz CT molecular complexity index is 757. The van der Waals surface area contributed by atoms with Crippen LogP contribution in [0.4, 0.5) is 0 Å². The number of hydrogen-bond acceptors (Lipinski definition) is 1. The van der Waals surface area contributed by atoms with E-state index in [0.29, 0.717) is 0 Å². The lowest BCUT2D eigenvalue weighted by Crippen LogP contribution is -2.13. The molecule has 0 radical (unpaired) electrons. The molecular formula is C22H19N. The summed E-state index contributed by atoms with van der Waals surface area (Å²) in [4.78, 5) is 0. The van der Waals surface area contributed by atoms with Gasteiger partial charge in [-0.15, -0.1) is 0 Å². The van der Waals surface area contributed by atoms with Crippen LogP contribution in [0, 0.1) is 11.3 Å². The molecule has 1 heteroatoms. The van der Waals surface area contributed by atoms with Gasteiger partial charge in [0.1, 0.15) is 0 Å². The maximum Gasteiger partial charge on any atom is 0.0784 e. The number of benzene rings is 3. The number of hydrogen-bond donors (Lipinski definition) is 0. The Kier molecular flexibility index (Phi) is 4.86. The topological polar surface area (TPSA) is 23.8 Å². The first-order valence-corrected chi connectivity index (χ1v) is 7.92. The normalized spacial score (nSPS) is 13.0. The fraction of sp³-hybridized carbons (Fsp3) is 0.136. The van der Waals surface area contributed by atoms with Gasteiger partial charge in [-0.05, 0) is 23.1 Å². The van der Waals surface area contributed by atoms with Crippen molar-refractivity contribution in [2.75, 3.05) is 0 Å². The molecule has 1 nitrogen and oxygen atoms in total. The minimum absolute atomic E-state index is 0.144. The van der Waals surface area contributed by atoms with E-state index < -0.39 is 0 Å². The second-order valence-corrected chi connectivity index (χ2v) is 5.72. The van der Waals surface area contributed by atoms with Crippen LogP contribution in [0.15, 0.2) is 91.0 Å². The van der Waals surface area contributed by atoms with E-state index in [0.717, 1.165) is 12.0 Å². The van der Waals surface area contributed by atoms with Crippen molar-refractivity contribution in [1.82, 2.24) is 0 Å². The van der Waals surface area contributed by atoms with Crippen LogP contribution in [-0.2, 0) is 6.42 Å². The number of nitriles is 1. The van der Waals surface area contributed by atoms with E-state index >= 15 is 0 Å². The van der Waals surface area contributed by atoms with Crippen molar-refractivity contribution < 1.29 is 0 Å². The lowest BCUT2D eigenvalue weighted by molar-refractivity contribution is 0.623. The predicted molar refractivity (Wildman–Crippen MR) is 94.1 cm³/mol. The van der Waals surface area contributed by atoms with Crippen LogP contribution >= 0.6 is 0 Å². The zero-order valence-electron chi connectivity index (χ0n) is 13.0. The van der Waals surface area contributed by atoms with Crippen LogP contribution in [0.25, 0.3) is 0 Å². The molecule has 0 amide bonds. The van der Waals surface area contributed by atoms with Crippen LogP contribution < -0.4 is 0 Å². The van der Waals surface area contributed by atoms with E-state index in [1.54, 1.807) is 0 Å². The molecule has 0 aliphatic rings. The van der Waals surface area contributed by atoms with Crippen LogP contribution in [0.3, 0.4) is 0 Å². The van der Waals surface area contributed by atoms with Gasteiger partial charge in [-0.1, -0.05) is 91.0 Å². The molecule has 0 spiro atoms. The Morgan fingerprint density at radius 2 is 1.13 bits per heavy atom. The standard InChI is InChI=1S/C22H19N/c23-17-22(20-14-8-3-9-15-20)21(19-12-6-2-7-13-19)16-18-10-4-1-5-11-18/h1-15,21-22H,16H2. The summed E-state index contributed by atoms with van der Waals surface area (Å²) in [6.45, 7) is 0. The highest BCUT2D eigenvalue weighted by molar-refractivity contribution is 5.35. The molecule has 0 bridgehead atoms. The van der Waals surface area contributed by atoms with E-state index in [4.69, 9.17) is 0 Å². The Labute approximate surface area is 137 Å². The van der Waals surface area contributed by atoms with Crippen LogP contribution in [0.1, 0.15) is 28.5 Å². The first kappa shape index (κ1) is 15.1. The third-order valence-corrected chi connectivity index (χ3v) is 4.23. The summed E-state index contributed by atoms with van der Waals surface area (Å²) >= 11 is 0. The van der Waals surface area contributed by atoms with E-state index in [1.807, 2.05) is 42.5 Å². The van der Waals surface area contributed by atoms with Gasteiger partial charge in [0.2, 0.25) is 0 Å². The van der Waals surface area contributed by atoms with E-state index in [1.165, 1.54) is 11.1 Å². The SMILES string of the molecule is N#CC(c1ccccc1)C(Cc1ccccc1)c1ccccc1. The Balaban J connectivity index is 1.99. The number of nitrogens with zero attached hydrogens (tertiary/aromatic N) is 1. The molecule has 0 saturated carbocycles. The summed E-state index contributed by atoms with van der Waals surface area (Å²) in [7, 11) is 0. The summed E-state index contributed by atoms with van der Waals surface area (Å²) in [6, 6.07) is 33.4. The molecule has 2 atom stereocenters. The highest BCUT2D eigenvalue weighted by Crippen LogP contribution is 2.35. The average Bonchev–Trinajstić information content (AvgIpc) is 2.64. The average molecular weight is 297 g/mol. The Hall–Kier alpha value is -2.85. The van der Waals surface area contributed by atoms with Crippen molar-refractivity contribution >= 4 is 0 Å². The van der Waals surface area contributed by atoms with E-state index in [-0.39, 0.29) is 11.8 Å². The zero-order chi connectivity index (χ0) is 15.9. The van der Waals surface area contributed by atoms with E-state index in [2.05, 4.69) is 54.6 Å². The molecule has 0 aliphatic heterocycles. The lowest BCUT2D eigenvalue weighted by atomic mass is 9.79. The molecule has 0 aliphatic carbocycles. The Morgan fingerprint density at radius 3 is 1.65 bits per heavy atom. The maximum absolute atomic E-state index is 9.84. The van der Waals surface area contributed by atoms with Crippen molar-refractivity contribution in [3.8, 4) is 6.07 Å². The zero-order valence-corrected chi connectivity index (χ0v) is 13.0. The van der Waals surface area contributed by atoms with Crippen molar-refractivity contribution in [1.29, 1.82) is 5.26 Å². The summed E-state index contributed by atoms with van der Waals surface area (Å²) in [6.07, 6.45) is 0.859. The van der Waals surface area contributed by atoms with Gasteiger partial charge in [0, 0.05) is 5.92 Å². The van der Waals surface area contributed by atoms with Crippen molar-refractivity contribution in [2.24, 2.45) is 0 Å². The predicted octanol–water partition coefficient (Wildman–Crippen LogP) is 5.32. The van der Waals surface area contributed by atoms with Crippen molar-refractivity contribution in [3.05, 3.63) is 108 Å². The molecule has 3 aromatic rings. The second-order valence-electron chi connectivity index (χ2n) is 5.72. The molecule has 112 valence electrons. The van der Waals surface area contributed by atoms with E-state index in [9.17, 15) is 5.26 Å². The molecule has 0 fully saturated rings.